The fraction of sp³-hybridized carbons (Fsp3) is 0.154. The number of methoxy groups -OCH3 is 1. The largest absolute Gasteiger partial charge is 0.497 e. The number of ether oxygens (including phenoxy) is 1. The van der Waals surface area contributed by atoms with Crippen molar-refractivity contribution in [1.82, 2.24) is 0 Å². The van der Waals surface area contributed by atoms with Gasteiger partial charge in [-0.2, -0.15) is 0 Å². The zero-order valence-corrected chi connectivity index (χ0v) is 20.6. The van der Waals surface area contributed by atoms with E-state index in [2.05, 4.69) is 4.72 Å². The van der Waals surface area contributed by atoms with Gasteiger partial charge in [0.1, 0.15) is 5.75 Å². The average molecular weight is 509 g/mol. The SMILES string of the molecule is COc1ccc(S(=O)(=O)N2CCCc3cc(NS(=O)(=O)c4ccc5ccccc5c4)ccc32)cc1. The van der Waals surface area contributed by atoms with Gasteiger partial charge in [-0.1, -0.05) is 30.3 Å². The van der Waals surface area contributed by atoms with Gasteiger partial charge >= 0.3 is 0 Å². The molecular formula is C26H24N2O5S2. The van der Waals surface area contributed by atoms with Gasteiger partial charge < -0.3 is 4.74 Å². The molecule has 0 fully saturated rings. The molecule has 180 valence electrons. The summed E-state index contributed by atoms with van der Waals surface area (Å²) in [5, 5.41) is 1.79. The monoisotopic (exact) mass is 508 g/mol. The molecular weight excluding hydrogens is 484 g/mol. The molecule has 35 heavy (non-hydrogen) atoms. The predicted octanol–water partition coefficient (Wildman–Crippen LogP) is 4.79. The average Bonchev–Trinajstić information content (AvgIpc) is 2.87. The molecule has 4 aromatic carbocycles. The molecule has 9 heteroatoms. The number of aryl methyl sites for hydroxylation is 1. The highest BCUT2D eigenvalue weighted by molar-refractivity contribution is 7.93. The lowest BCUT2D eigenvalue weighted by Gasteiger charge is -2.31. The molecule has 0 aromatic heterocycles. The molecule has 5 rings (SSSR count). The Morgan fingerprint density at radius 1 is 0.800 bits per heavy atom. The van der Waals surface area contributed by atoms with E-state index in [0.717, 1.165) is 16.3 Å². The molecule has 7 nitrogen and oxygen atoms in total. The molecule has 1 aliphatic rings. The fourth-order valence-corrected chi connectivity index (χ4v) is 6.92. The number of nitrogens with one attached hydrogen (secondary N) is 1. The van der Waals surface area contributed by atoms with E-state index < -0.39 is 20.0 Å². The maximum Gasteiger partial charge on any atom is 0.264 e. The number of hydrogen-bond acceptors (Lipinski definition) is 5. The van der Waals surface area contributed by atoms with Crippen molar-refractivity contribution in [2.75, 3.05) is 22.7 Å². The summed E-state index contributed by atoms with van der Waals surface area (Å²) < 4.78 is 61.9. The molecule has 0 aliphatic carbocycles. The van der Waals surface area contributed by atoms with Crippen molar-refractivity contribution < 1.29 is 21.6 Å². The van der Waals surface area contributed by atoms with Gasteiger partial charge in [-0.25, -0.2) is 16.8 Å². The van der Waals surface area contributed by atoms with Crippen molar-refractivity contribution in [2.45, 2.75) is 22.6 Å². The van der Waals surface area contributed by atoms with E-state index in [1.54, 1.807) is 48.5 Å². The second-order valence-electron chi connectivity index (χ2n) is 8.31. The summed E-state index contributed by atoms with van der Waals surface area (Å²) in [4.78, 5) is 0.338. The lowest BCUT2D eigenvalue weighted by Crippen LogP contribution is -2.35. The van der Waals surface area contributed by atoms with Crippen LogP contribution >= 0.6 is 0 Å². The van der Waals surface area contributed by atoms with Gasteiger partial charge in [0.15, 0.2) is 0 Å². The molecule has 1 heterocycles. The number of nitrogens with zero attached hydrogens (tertiary/aromatic N) is 1. The predicted molar refractivity (Wildman–Crippen MR) is 137 cm³/mol. The van der Waals surface area contributed by atoms with Gasteiger partial charge in [0.2, 0.25) is 0 Å². The number of anilines is 2. The van der Waals surface area contributed by atoms with E-state index in [9.17, 15) is 16.8 Å². The van der Waals surface area contributed by atoms with Gasteiger partial charge in [-0.15, -0.1) is 0 Å². The summed E-state index contributed by atoms with van der Waals surface area (Å²) in [5.74, 6) is 0.575. The van der Waals surface area contributed by atoms with Crippen LogP contribution in [0.2, 0.25) is 0 Å². The van der Waals surface area contributed by atoms with Crippen LogP contribution in [0.25, 0.3) is 10.8 Å². The number of rotatable bonds is 6. The van der Waals surface area contributed by atoms with Gasteiger partial charge in [0.25, 0.3) is 20.0 Å². The van der Waals surface area contributed by atoms with Crippen LogP contribution in [0.4, 0.5) is 11.4 Å². The van der Waals surface area contributed by atoms with Crippen LogP contribution in [-0.4, -0.2) is 30.5 Å². The number of fused-ring (bicyclic) bond motifs is 2. The van der Waals surface area contributed by atoms with Crippen LogP contribution in [0.15, 0.2) is 94.7 Å². The summed E-state index contributed by atoms with van der Waals surface area (Å²) in [6, 6.07) is 23.8. The van der Waals surface area contributed by atoms with Crippen LogP contribution < -0.4 is 13.8 Å². The van der Waals surface area contributed by atoms with Crippen LogP contribution in [-0.2, 0) is 26.5 Å². The molecule has 0 unspecified atom stereocenters. The normalized spacial score (nSPS) is 13.9. The molecule has 0 saturated heterocycles. The zero-order valence-electron chi connectivity index (χ0n) is 19.0. The van der Waals surface area contributed by atoms with E-state index in [0.29, 0.717) is 36.5 Å². The lowest BCUT2D eigenvalue weighted by atomic mass is 10.0. The first-order valence-electron chi connectivity index (χ1n) is 11.1. The van der Waals surface area contributed by atoms with Crippen molar-refractivity contribution in [1.29, 1.82) is 0 Å². The Labute approximate surface area is 205 Å². The third-order valence-electron chi connectivity index (χ3n) is 6.09. The molecule has 0 bridgehead atoms. The van der Waals surface area contributed by atoms with Crippen molar-refractivity contribution in [3.05, 3.63) is 90.5 Å². The lowest BCUT2D eigenvalue weighted by molar-refractivity contribution is 0.414. The van der Waals surface area contributed by atoms with E-state index in [1.165, 1.54) is 23.5 Å². The van der Waals surface area contributed by atoms with Crippen LogP contribution in [0.3, 0.4) is 0 Å². The first kappa shape index (κ1) is 23.2. The third-order valence-corrected chi connectivity index (χ3v) is 9.29. The van der Waals surface area contributed by atoms with Crippen molar-refractivity contribution in [2.24, 2.45) is 0 Å². The summed E-state index contributed by atoms with van der Waals surface area (Å²) in [5.41, 5.74) is 1.72. The topological polar surface area (TPSA) is 92.8 Å². The number of sulfonamides is 2. The highest BCUT2D eigenvalue weighted by Gasteiger charge is 2.29. The minimum atomic E-state index is -3.82. The summed E-state index contributed by atoms with van der Waals surface area (Å²) in [6.07, 6.45) is 1.28. The van der Waals surface area contributed by atoms with Gasteiger partial charge in [0.05, 0.1) is 22.6 Å². The highest BCUT2D eigenvalue weighted by Crippen LogP contribution is 2.34. The van der Waals surface area contributed by atoms with E-state index in [-0.39, 0.29) is 9.79 Å². The molecule has 0 radical (unpaired) electrons. The van der Waals surface area contributed by atoms with Crippen LogP contribution in [0.1, 0.15) is 12.0 Å². The van der Waals surface area contributed by atoms with Crippen molar-refractivity contribution in [3.8, 4) is 5.75 Å². The molecule has 0 saturated carbocycles. The molecule has 0 amide bonds. The first-order chi connectivity index (χ1) is 16.8. The maximum absolute atomic E-state index is 13.3. The quantitative estimate of drug-likeness (QED) is 0.404. The number of hydrogen-bond donors (Lipinski definition) is 1. The minimum absolute atomic E-state index is 0.164. The molecule has 4 aromatic rings. The Balaban J connectivity index is 1.44. The highest BCUT2D eigenvalue weighted by atomic mass is 32.2. The second-order valence-corrected chi connectivity index (χ2v) is 11.9. The molecule has 0 spiro atoms. The van der Waals surface area contributed by atoms with Crippen LogP contribution in [0, 0.1) is 0 Å². The summed E-state index contributed by atoms with van der Waals surface area (Å²) in [6.45, 7) is 0.351. The Hall–Kier alpha value is -3.56. The molecule has 0 atom stereocenters. The smallest absolute Gasteiger partial charge is 0.264 e. The molecule has 1 N–H and O–H groups in total. The first-order valence-corrected chi connectivity index (χ1v) is 14.0. The fourth-order valence-electron chi connectivity index (χ4n) is 4.30. The van der Waals surface area contributed by atoms with Crippen molar-refractivity contribution in [3.63, 3.8) is 0 Å². The van der Waals surface area contributed by atoms with Crippen molar-refractivity contribution >= 4 is 42.2 Å². The number of benzene rings is 4. The summed E-state index contributed by atoms with van der Waals surface area (Å²) >= 11 is 0. The van der Waals surface area contributed by atoms with E-state index >= 15 is 0 Å². The Morgan fingerprint density at radius 3 is 2.26 bits per heavy atom. The standard InChI is InChI=1S/C26H24N2O5S2/c1-33-23-10-13-24(14-11-23)35(31,32)28-16-4-7-21-17-22(9-15-26(21)28)27-34(29,30)25-12-8-19-5-2-3-6-20(19)18-25/h2-3,5-6,8-15,17-18,27H,4,7,16H2,1H3. The third kappa shape index (κ3) is 4.44. The van der Waals surface area contributed by atoms with Gasteiger partial charge in [-0.3, -0.25) is 9.03 Å². The van der Waals surface area contributed by atoms with E-state index in [4.69, 9.17) is 4.74 Å². The Morgan fingerprint density at radius 2 is 1.51 bits per heavy atom. The second kappa shape index (κ2) is 8.90. The Kier molecular flexibility index (Phi) is 5.90. The minimum Gasteiger partial charge on any atom is -0.497 e. The van der Waals surface area contributed by atoms with Crippen LogP contribution in [0.5, 0.6) is 5.75 Å². The summed E-state index contributed by atoms with van der Waals surface area (Å²) in [7, 11) is -6.07. The maximum atomic E-state index is 13.3. The zero-order chi connectivity index (χ0) is 24.6. The Bertz CT molecular complexity index is 1620. The van der Waals surface area contributed by atoms with Gasteiger partial charge in [-0.05, 0) is 83.8 Å². The molecule has 1 aliphatic heterocycles. The van der Waals surface area contributed by atoms with Gasteiger partial charge in [0, 0.05) is 12.2 Å². The van der Waals surface area contributed by atoms with E-state index in [1.807, 2.05) is 24.3 Å².